The Hall–Kier alpha value is -2.58. The van der Waals surface area contributed by atoms with Crippen molar-refractivity contribution in [3.8, 4) is 5.75 Å². The van der Waals surface area contributed by atoms with Crippen molar-refractivity contribution in [2.75, 3.05) is 0 Å². The van der Waals surface area contributed by atoms with Crippen LogP contribution in [0.3, 0.4) is 0 Å². The molecule has 1 aromatic carbocycles. The third kappa shape index (κ3) is 6.41. The van der Waals surface area contributed by atoms with Crippen LogP contribution in [0, 0.1) is 40.5 Å². The van der Waals surface area contributed by atoms with Gasteiger partial charge in [-0.15, -0.1) is 10.1 Å². The third-order valence-corrected chi connectivity index (χ3v) is 1.66. The predicted octanol–water partition coefficient (Wildman–Crippen LogP) is 0.121. The number of phenolic OH excluding ortho intramolecular Hbond substituents is 1. The van der Waals surface area contributed by atoms with Crippen LogP contribution < -0.4 is 0 Å². The molecule has 1 rings (SSSR count). The van der Waals surface area contributed by atoms with Crippen molar-refractivity contribution < 1.29 is 30.2 Å². The molecule has 0 fully saturated rings. The summed E-state index contributed by atoms with van der Waals surface area (Å²) in [7, 11) is 0. The number of nitro groups is 3. The maximum absolute atomic E-state index is 10.4. The van der Waals surface area contributed by atoms with Crippen LogP contribution in [-0.4, -0.2) is 59.7 Å². The molecule has 0 radical (unpaired) electrons. The van der Waals surface area contributed by atoms with Gasteiger partial charge in [-0.05, 0) is 0 Å². The van der Waals surface area contributed by atoms with Gasteiger partial charge in [0, 0.05) is 0 Å². The Kier molecular flexibility index (Phi) is 8.45. The van der Waals surface area contributed by atoms with E-state index in [1.54, 1.807) is 0 Å². The van der Waals surface area contributed by atoms with Crippen LogP contribution in [0.5, 0.6) is 5.75 Å². The summed E-state index contributed by atoms with van der Waals surface area (Å²) in [6, 6.07) is 0.894. The van der Waals surface area contributed by atoms with Crippen molar-refractivity contribution in [2.45, 2.75) is 0 Å². The zero-order valence-electron chi connectivity index (χ0n) is 9.10. The average Bonchev–Trinajstić information content (AvgIpc) is 2.27. The first-order valence-corrected chi connectivity index (χ1v) is 4.21. The van der Waals surface area contributed by atoms with Gasteiger partial charge in [0.1, 0.15) is 0 Å². The quantitative estimate of drug-likeness (QED) is 0.436. The summed E-state index contributed by atoms with van der Waals surface area (Å²) in [4.78, 5) is 36.1. The van der Waals surface area contributed by atoms with Crippen molar-refractivity contribution in [2.24, 2.45) is 0 Å². The molecule has 1 aromatic rings. The zero-order chi connectivity index (χ0) is 16.0. The van der Waals surface area contributed by atoms with Crippen LogP contribution in [-0.2, 0) is 0 Å². The van der Waals surface area contributed by atoms with Crippen molar-refractivity contribution in [1.29, 1.82) is 0 Å². The van der Waals surface area contributed by atoms with Gasteiger partial charge >= 0.3 is 40.9 Å². The molecular formula is C6H5N4NaO10. The van der Waals surface area contributed by atoms with E-state index in [0.717, 1.165) is 0 Å². The summed E-state index contributed by atoms with van der Waals surface area (Å²) in [5.41, 5.74) is -3.00. The molecule has 110 valence electrons. The summed E-state index contributed by atoms with van der Waals surface area (Å²) in [5, 5.41) is 53.9. The van der Waals surface area contributed by atoms with Gasteiger partial charge in [0.2, 0.25) is 0 Å². The van der Waals surface area contributed by atoms with Crippen LogP contribution in [0.15, 0.2) is 12.1 Å². The molecule has 0 amide bonds. The van der Waals surface area contributed by atoms with Gasteiger partial charge in [0.25, 0.3) is 16.5 Å². The SMILES string of the molecule is O=[N+]([O-])O.O=[N+]([O-])c1cc([N+](=O)[O-])c(O)c([N+](=O)[O-])c1.[NaH]. The Morgan fingerprint density at radius 2 is 1.10 bits per heavy atom. The summed E-state index contributed by atoms with van der Waals surface area (Å²) in [5.74, 6) is -1.21. The number of rotatable bonds is 3. The molecule has 21 heavy (non-hydrogen) atoms. The number of non-ortho nitro benzene ring substituents is 1. The van der Waals surface area contributed by atoms with Crippen LogP contribution in [0.2, 0.25) is 0 Å². The van der Waals surface area contributed by atoms with Crippen LogP contribution >= 0.6 is 0 Å². The number of hydrogen-bond acceptors (Lipinski definition) is 9. The predicted molar refractivity (Wildman–Crippen MR) is 64.0 cm³/mol. The molecule has 0 atom stereocenters. The van der Waals surface area contributed by atoms with E-state index < -0.39 is 42.7 Å². The maximum atomic E-state index is 10.4. The molecule has 0 aliphatic rings. The molecule has 0 aliphatic heterocycles. The first-order valence-electron chi connectivity index (χ1n) is 4.21. The monoisotopic (exact) mass is 316 g/mol. The van der Waals surface area contributed by atoms with E-state index in [2.05, 4.69) is 0 Å². The van der Waals surface area contributed by atoms with Crippen LogP contribution in [0.25, 0.3) is 0 Å². The molecule has 0 saturated heterocycles. The minimum atomic E-state index is -1.50. The number of aromatic hydroxyl groups is 1. The van der Waals surface area contributed by atoms with Crippen molar-refractivity contribution in [1.82, 2.24) is 0 Å². The first-order chi connectivity index (χ1) is 9.07. The number of nitro benzene ring substituents is 3. The van der Waals surface area contributed by atoms with Crippen LogP contribution in [0.4, 0.5) is 17.1 Å². The van der Waals surface area contributed by atoms with Gasteiger partial charge in [0.15, 0.2) is 0 Å². The fourth-order valence-electron chi connectivity index (χ4n) is 0.974. The molecule has 0 aromatic heterocycles. The molecule has 0 aliphatic carbocycles. The van der Waals surface area contributed by atoms with Crippen molar-refractivity contribution in [3.05, 3.63) is 52.6 Å². The summed E-state index contributed by atoms with van der Waals surface area (Å²) < 4.78 is 0. The Morgan fingerprint density at radius 1 is 0.810 bits per heavy atom. The van der Waals surface area contributed by atoms with E-state index in [0.29, 0.717) is 12.1 Å². The molecule has 0 bridgehead atoms. The first kappa shape index (κ1) is 20.7. The molecule has 0 saturated carbocycles. The number of hydrogen-bond donors (Lipinski definition) is 2. The normalized spacial score (nSPS) is 8.57. The Labute approximate surface area is 135 Å². The fraction of sp³-hybridized carbons (Fsp3) is 0. The third-order valence-electron chi connectivity index (χ3n) is 1.66. The standard InChI is InChI=1S/C6H3N3O7.HNO3.Na.H/c10-6-4(8(13)14)1-3(7(11)12)2-5(6)9(15)16;2-1(3)4;;/h1-2,10H;(H,2,3,4);;. The molecule has 0 unspecified atom stereocenters. The van der Waals surface area contributed by atoms with E-state index in [9.17, 15) is 30.3 Å². The van der Waals surface area contributed by atoms with Gasteiger partial charge in [0.05, 0.1) is 26.9 Å². The van der Waals surface area contributed by atoms with Crippen molar-refractivity contribution in [3.63, 3.8) is 0 Å². The zero-order valence-corrected chi connectivity index (χ0v) is 9.10. The number of nitrogens with zero attached hydrogens (tertiary/aromatic N) is 4. The second-order valence-corrected chi connectivity index (χ2v) is 2.84. The summed E-state index contributed by atoms with van der Waals surface area (Å²) in [6.07, 6.45) is 0. The van der Waals surface area contributed by atoms with Gasteiger partial charge in [-0.25, -0.2) is 0 Å². The minimum absolute atomic E-state index is 0. The molecule has 2 N–H and O–H groups in total. The van der Waals surface area contributed by atoms with Gasteiger partial charge in [-0.3, -0.25) is 30.3 Å². The van der Waals surface area contributed by atoms with Gasteiger partial charge < -0.3 is 10.3 Å². The van der Waals surface area contributed by atoms with E-state index in [-0.39, 0.29) is 29.6 Å². The van der Waals surface area contributed by atoms with Crippen LogP contribution in [0.1, 0.15) is 0 Å². The van der Waals surface area contributed by atoms with E-state index in [1.807, 2.05) is 0 Å². The second-order valence-electron chi connectivity index (χ2n) is 2.84. The van der Waals surface area contributed by atoms with E-state index >= 15 is 0 Å². The van der Waals surface area contributed by atoms with E-state index in [1.165, 1.54) is 0 Å². The number of phenols is 1. The molecule has 0 heterocycles. The second kappa shape index (κ2) is 8.56. The molecular weight excluding hydrogens is 311 g/mol. The van der Waals surface area contributed by atoms with Gasteiger partial charge in [-0.1, -0.05) is 0 Å². The number of benzene rings is 1. The fourth-order valence-corrected chi connectivity index (χ4v) is 0.974. The van der Waals surface area contributed by atoms with E-state index in [4.69, 9.17) is 20.4 Å². The Bertz CT molecular complexity index is 550. The van der Waals surface area contributed by atoms with Gasteiger partial charge in [-0.2, -0.15) is 0 Å². The topological polar surface area (TPSA) is 213 Å². The summed E-state index contributed by atoms with van der Waals surface area (Å²) >= 11 is 0. The molecule has 14 nitrogen and oxygen atoms in total. The molecule has 15 heteroatoms. The van der Waals surface area contributed by atoms with Crippen molar-refractivity contribution >= 4 is 46.6 Å². The molecule has 0 spiro atoms. The summed E-state index contributed by atoms with van der Waals surface area (Å²) in [6.45, 7) is 0. The Balaban J connectivity index is 0. The Morgan fingerprint density at radius 3 is 1.29 bits per heavy atom. The average molecular weight is 316 g/mol.